The SMILES string of the molecule is Cc1cc(C(=O)CN(CCO)C2CCCC2)c(C)s1. The minimum atomic E-state index is 0.130. The van der Waals surface area contributed by atoms with Crippen molar-refractivity contribution in [3.63, 3.8) is 0 Å². The minimum Gasteiger partial charge on any atom is -0.395 e. The predicted octanol–water partition coefficient (Wildman–Crippen LogP) is 2.78. The second-order valence-electron chi connectivity index (χ2n) is 5.38. The van der Waals surface area contributed by atoms with Crippen LogP contribution >= 0.6 is 11.3 Å². The lowest BCUT2D eigenvalue weighted by Crippen LogP contribution is -2.39. The maximum absolute atomic E-state index is 12.4. The van der Waals surface area contributed by atoms with Crippen molar-refractivity contribution in [2.75, 3.05) is 19.7 Å². The van der Waals surface area contributed by atoms with Gasteiger partial charge in [0.1, 0.15) is 0 Å². The second kappa shape index (κ2) is 6.64. The summed E-state index contributed by atoms with van der Waals surface area (Å²) < 4.78 is 0. The molecule has 106 valence electrons. The van der Waals surface area contributed by atoms with E-state index in [9.17, 15) is 9.90 Å². The van der Waals surface area contributed by atoms with E-state index in [0.717, 1.165) is 23.3 Å². The quantitative estimate of drug-likeness (QED) is 0.815. The molecule has 0 unspecified atom stereocenters. The van der Waals surface area contributed by atoms with Crippen LogP contribution in [-0.4, -0.2) is 41.5 Å². The first-order valence-corrected chi connectivity index (χ1v) is 7.88. The number of nitrogens with zero attached hydrogens (tertiary/aromatic N) is 1. The van der Waals surface area contributed by atoms with Crippen LogP contribution in [-0.2, 0) is 0 Å². The van der Waals surface area contributed by atoms with Gasteiger partial charge in [-0.25, -0.2) is 0 Å². The van der Waals surface area contributed by atoms with Crippen molar-refractivity contribution in [3.05, 3.63) is 21.4 Å². The number of Topliss-reactive ketones (excluding diaryl/α,β-unsaturated/α-hetero) is 1. The standard InChI is InChI=1S/C15H23NO2S/c1-11-9-14(12(2)19-11)15(18)10-16(7-8-17)13-5-3-4-6-13/h9,13,17H,3-8,10H2,1-2H3. The van der Waals surface area contributed by atoms with E-state index in [2.05, 4.69) is 4.90 Å². The third-order valence-electron chi connectivity index (χ3n) is 3.92. The van der Waals surface area contributed by atoms with Gasteiger partial charge in [-0.2, -0.15) is 0 Å². The number of carbonyl (C=O) groups excluding carboxylic acids is 1. The second-order valence-corrected chi connectivity index (χ2v) is 6.84. The van der Waals surface area contributed by atoms with Gasteiger partial charge in [0.05, 0.1) is 13.2 Å². The van der Waals surface area contributed by atoms with Crippen LogP contribution in [0.2, 0.25) is 0 Å². The van der Waals surface area contributed by atoms with Gasteiger partial charge in [0.25, 0.3) is 0 Å². The molecule has 3 nitrogen and oxygen atoms in total. The molecule has 1 saturated carbocycles. The highest BCUT2D eigenvalue weighted by atomic mass is 32.1. The van der Waals surface area contributed by atoms with E-state index in [1.54, 1.807) is 11.3 Å². The van der Waals surface area contributed by atoms with Crippen LogP contribution in [0, 0.1) is 13.8 Å². The molecular formula is C15H23NO2S. The fourth-order valence-corrected chi connectivity index (χ4v) is 3.91. The van der Waals surface area contributed by atoms with E-state index in [0.29, 0.717) is 19.1 Å². The molecule has 0 aromatic carbocycles. The van der Waals surface area contributed by atoms with E-state index < -0.39 is 0 Å². The summed E-state index contributed by atoms with van der Waals surface area (Å²) in [4.78, 5) is 16.9. The molecule has 1 aliphatic carbocycles. The van der Waals surface area contributed by atoms with Gasteiger partial charge in [-0.1, -0.05) is 12.8 Å². The van der Waals surface area contributed by atoms with Crippen LogP contribution in [0.1, 0.15) is 45.8 Å². The van der Waals surface area contributed by atoms with Gasteiger partial charge in [0.2, 0.25) is 0 Å². The molecule has 1 aliphatic rings. The van der Waals surface area contributed by atoms with Gasteiger partial charge in [0, 0.05) is 27.9 Å². The van der Waals surface area contributed by atoms with Crippen molar-refractivity contribution >= 4 is 17.1 Å². The lowest BCUT2D eigenvalue weighted by molar-refractivity contribution is 0.0862. The molecule has 4 heteroatoms. The van der Waals surface area contributed by atoms with E-state index >= 15 is 0 Å². The number of ketones is 1. The zero-order chi connectivity index (χ0) is 13.8. The van der Waals surface area contributed by atoms with Crippen LogP contribution in [0.25, 0.3) is 0 Å². The zero-order valence-corrected chi connectivity index (χ0v) is 12.6. The number of aliphatic hydroxyl groups is 1. The van der Waals surface area contributed by atoms with Crippen molar-refractivity contribution in [2.45, 2.75) is 45.6 Å². The van der Waals surface area contributed by atoms with Gasteiger partial charge in [0.15, 0.2) is 5.78 Å². The average Bonchev–Trinajstić information content (AvgIpc) is 2.98. The Hall–Kier alpha value is -0.710. The predicted molar refractivity (Wildman–Crippen MR) is 79.0 cm³/mol. The molecule has 1 aromatic heterocycles. The molecule has 0 amide bonds. The Kier molecular flexibility index (Phi) is 5.13. The lowest BCUT2D eigenvalue weighted by Gasteiger charge is -2.27. The Bertz CT molecular complexity index is 435. The summed E-state index contributed by atoms with van der Waals surface area (Å²) in [7, 11) is 0. The summed E-state index contributed by atoms with van der Waals surface area (Å²) >= 11 is 1.68. The van der Waals surface area contributed by atoms with Crippen molar-refractivity contribution in [1.29, 1.82) is 0 Å². The highest BCUT2D eigenvalue weighted by Crippen LogP contribution is 2.25. The van der Waals surface area contributed by atoms with Crippen molar-refractivity contribution in [3.8, 4) is 0 Å². The van der Waals surface area contributed by atoms with Gasteiger partial charge < -0.3 is 5.11 Å². The maximum Gasteiger partial charge on any atom is 0.177 e. The summed E-state index contributed by atoms with van der Waals surface area (Å²) in [6.45, 7) is 5.24. The van der Waals surface area contributed by atoms with Crippen molar-refractivity contribution < 1.29 is 9.90 Å². The molecular weight excluding hydrogens is 258 g/mol. The monoisotopic (exact) mass is 281 g/mol. The summed E-state index contributed by atoms with van der Waals surface area (Å²) in [5, 5.41) is 9.19. The molecule has 1 N–H and O–H groups in total. The summed E-state index contributed by atoms with van der Waals surface area (Å²) in [5.41, 5.74) is 0.864. The van der Waals surface area contributed by atoms with E-state index in [1.807, 2.05) is 19.9 Å². The van der Waals surface area contributed by atoms with Crippen LogP contribution in [0.15, 0.2) is 6.07 Å². The molecule has 19 heavy (non-hydrogen) atoms. The number of thiophene rings is 1. The summed E-state index contributed by atoms with van der Waals surface area (Å²) in [6, 6.07) is 2.48. The number of rotatable bonds is 6. The highest BCUT2D eigenvalue weighted by molar-refractivity contribution is 7.12. The fourth-order valence-electron chi connectivity index (χ4n) is 2.97. The normalized spacial score (nSPS) is 16.4. The van der Waals surface area contributed by atoms with Crippen LogP contribution in [0.3, 0.4) is 0 Å². The van der Waals surface area contributed by atoms with Crippen LogP contribution in [0.5, 0.6) is 0 Å². The van der Waals surface area contributed by atoms with E-state index in [1.165, 1.54) is 17.7 Å². The van der Waals surface area contributed by atoms with Crippen LogP contribution < -0.4 is 0 Å². The van der Waals surface area contributed by atoms with Gasteiger partial charge in [-0.05, 0) is 32.8 Å². The molecule has 0 bridgehead atoms. The van der Waals surface area contributed by atoms with Gasteiger partial charge in [-0.15, -0.1) is 11.3 Å². The van der Waals surface area contributed by atoms with Gasteiger partial charge >= 0.3 is 0 Å². The van der Waals surface area contributed by atoms with Gasteiger partial charge in [-0.3, -0.25) is 9.69 Å². The zero-order valence-electron chi connectivity index (χ0n) is 11.8. The first kappa shape index (κ1) is 14.7. The first-order valence-electron chi connectivity index (χ1n) is 7.07. The molecule has 2 rings (SSSR count). The number of hydrogen-bond acceptors (Lipinski definition) is 4. The first-order chi connectivity index (χ1) is 9.11. The number of aliphatic hydroxyl groups excluding tert-OH is 1. The fraction of sp³-hybridized carbons (Fsp3) is 0.667. The molecule has 0 aliphatic heterocycles. The number of hydrogen-bond donors (Lipinski definition) is 1. The van der Waals surface area contributed by atoms with Crippen LogP contribution in [0.4, 0.5) is 0 Å². The molecule has 1 heterocycles. The largest absolute Gasteiger partial charge is 0.395 e. The summed E-state index contributed by atoms with van der Waals surface area (Å²) in [5.74, 6) is 0.196. The Balaban J connectivity index is 2.03. The molecule has 1 aromatic rings. The highest BCUT2D eigenvalue weighted by Gasteiger charge is 2.25. The third-order valence-corrected chi connectivity index (χ3v) is 4.88. The smallest absolute Gasteiger partial charge is 0.177 e. The number of carbonyl (C=O) groups is 1. The lowest BCUT2D eigenvalue weighted by atomic mass is 10.1. The molecule has 0 spiro atoms. The minimum absolute atomic E-state index is 0.130. The third kappa shape index (κ3) is 3.65. The Labute approximate surface area is 119 Å². The molecule has 0 radical (unpaired) electrons. The van der Waals surface area contributed by atoms with E-state index in [4.69, 9.17) is 0 Å². The molecule has 1 fully saturated rings. The topological polar surface area (TPSA) is 40.5 Å². The average molecular weight is 281 g/mol. The Morgan fingerprint density at radius 3 is 2.63 bits per heavy atom. The number of aryl methyl sites for hydroxylation is 2. The Morgan fingerprint density at radius 2 is 2.11 bits per heavy atom. The molecule has 0 saturated heterocycles. The molecule has 0 atom stereocenters. The summed E-state index contributed by atoms with van der Waals surface area (Å²) in [6.07, 6.45) is 4.82. The van der Waals surface area contributed by atoms with Crippen molar-refractivity contribution in [2.24, 2.45) is 0 Å². The Morgan fingerprint density at radius 1 is 1.42 bits per heavy atom. The van der Waals surface area contributed by atoms with Crippen molar-refractivity contribution in [1.82, 2.24) is 4.90 Å². The maximum atomic E-state index is 12.4. The van der Waals surface area contributed by atoms with E-state index in [-0.39, 0.29) is 12.4 Å².